The van der Waals surface area contributed by atoms with Crippen molar-refractivity contribution in [2.75, 3.05) is 5.32 Å². The average Bonchev–Trinajstić information content (AvgIpc) is 3.12. The lowest BCUT2D eigenvalue weighted by molar-refractivity contribution is -0.115. The van der Waals surface area contributed by atoms with E-state index in [4.69, 9.17) is 0 Å². The highest BCUT2D eigenvalue weighted by molar-refractivity contribution is 8.00. The van der Waals surface area contributed by atoms with E-state index in [1.54, 1.807) is 55.7 Å². The summed E-state index contributed by atoms with van der Waals surface area (Å²) in [6, 6.07) is 9.88. The van der Waals surface area contributed by atoms with E-state index in [9.17, 15) is 13.6 Å². The molecule has 0 aliphatic heterocycles. The summed E-state index contributed by atoms with van der Waals surface area (Å²) >= 11 is 1.67. The number of alkyl halides is 2. The summed E-state index contributed by atoms with van der Waals surface area (Å²) in [4.78, 5) is 21.1. The standard InChI is InChI=1S/C17H15F2N5OS2/c1-10(15(25)21-12-2-4-13(5-3-12)27-16(18)19)26-17-22-14(23-24-17)11-6-8-20-9-7-11/h2-10,16H,1H3,(H,21,25)(H,22,23,24)/t10-/m0/s1. The number of thioether (sulfide) groups is 2. The molecule has 140 valence electrons. The van der Waals surface area contributed by atoms with Crippen LogP contribution in [0, 0.1) is 0 Å². The van der Waals surface area contributed by atoms with Crippen LogP contribution in [0.5, 0.6) is 0 Å². The number of halogens is 2. The molecule has 3 rings (SSSR count). The van der Waals surface area contributed by atoms with Gasteiger partial charge in [0.1, 0.15) is 0 Å². The second-order valence-corrected chi connectivity index (χ2v) is 7.73. The molecule has 27 heavy (non-hydrogen) atoms. The Morgan fingerprint density at radius 2 is 1.81 bits per heavy atom. The molecule has 2 aromatic heterocycles. The summed E-state index contributed by atoms with van der Waals surface area (Å²) in [6.07, 6.45) is 3.32. The van der Waals surface area contributed by atoms with Crippen LogP contribution in [0.4, 0.5) is 14.5 Å². The Hall–Kier alpha value is -2.46. The number of nitrogens with one attached hydrogen (secondary N) is 2. The van der Waals surface area contributed by atoms with Crippen LogP contribution >= 0.6 is 23.5 Å². The molecule has 0 fully saturated rings. The first-order valence-corrected chi connectivity index (χ1v) is 9.62. The fraction of sp³-hybridized carbons (Fsp3) is 0.176. The lowest BCUT2D eigenvalue weighted by Gasteiger charge is -2.10. The molecule has 0 spiro atoms. The second-order valence-electron chi connectivity index (χ2n) is 5.35. The van der Waals surface area contributed by atoms with Crippen molar-refractivity contribution in [2.24, 2.45) is 0 Å². The van der Waals surface area contributed by atoms with Gasteiger partial charge in [-0.3, -0.25) is 14.9 Å². The van der Waals surface area contributed by atoms with Gasteiger partial charge >= 0.3 is 0 Å². The van der Waals surface area contributed by atoms with Crippen molar-refractivity contribution < 1.29 is 13.6 Å². The minimum absolute atomic E-state index is 0.232. The molecule has 1 amide bonds. The number of anilines is 1. The molecule has 0 unspecified atom stereocenters. The van der Waals surface area contributed by atoms with Crippen LogP contribution in [-0.4, -0.2) is 37.1 Å². The number of nitrogens with zero attached hydrogens (tertiary/aromatic N) is 3. The molecule has 1 atom stereocenters. The maximum absolute atomic E-state index is 12.3. The van der Waals surface area contributed by atoms with E-state index in [0.29, 0.717) is 33.3 Å². The number of aromatic amines is 1. The lowest BCUT2D eigenvalue weighted by atomic mass is 10.3. The minimum Gasteiger partial charge on any atom is -0.325 e. The van der Waals surface area contributed by atoms with Crippen LogP contribution in [0.3, 0.4) is 0 Å². The summed E-state index contributed by atoms with van der Waals surface area (Å²) in [6.45, 7) is 1.74. The highest BCUT2D eigenvalue weighted by atomic mass is 32.2. The van der Waals surface area contributed by atoms with Crippen LogP contribution in [0.25, 0.3) is 11.4 Å². The molecule has 0 radical (unpaired) electrons. The first-order chi connectivity index (χ1) is 13.0. The van der Waals surface area contributed by atoms with E-state index in [1.165, 1.54) is 11.8 Å². The van der Waals surface area contributed by atoms with Gasteiger partial charge in [-0.05, 0) is 43.3 Å². The van der Waals surface area contributed by atoms with Gasteiger partial charge in [0.15, 0.2) is 5.82 Å². The summed E-state index contributed by atoms with van der Waals surface area (Å²) in [5, 5.41) is 9.71. The summed E-state index contributed by atoms with van der Waals surface area (Å²) < 4.78 is 24.7. The highest BCUT2D eigenvalue weighted by Crippen LogP contribution is 2.27. The van der Waals surface area contributed by atoms with Crippen LogP contribution in [0.1, 0.15) is 6.92 Å². The second kappa shape index (κ2) is 8.96. The third-order valence-electron chi connectivity index (χ3n) is 3.42. The summed E-state index contributed by atoms with van der Waals surface area (Å²) in [5.74, 6) is -2.11. The van der Waals surface area contributed by atoms with Crippen LogP contribution in [0.15, 0.2) is 58.8 Å². The van der Waals surface area contributed by atoms with Gasteiger partial charge < -0.3 is 5.32 Å². The molecule has 0 saturated heterocycles. The first-order valence-electron chi connectivity index (χ1n) is 7.86. The van der Waals surface area contributed by atoms with Gasteiger partial charge in [-0.2, -0.15) is 8.78 Å². The SMILES string of the molecule is C[C@H](Sc1n[nH]c(-c2ccncc2)n1)C(=O)Nc1ccc(SC(F)F)cc1. The fourth-order valence-electron chi connectivity index (χ4n) is 2.11. The van der Waals surface area contributed by atoms with Gasteiger partial charge in [0.2, 0.25) is 11.1 Å². The van der Waals surface area contributed by atoms with Gasteiger partial charge in [-0.1, -0.05) is 23.5 Å². The van der Waals surface area contributed by atoms with E-state index >= 15 is 0 Å². The van der Waals surface area contributed by atoms with E-state index in [-0.39, 0.29) is 5.91 Å². The van der Waals surface area contributed by atoms with Crippen molar-refractivity contribution >= 4 is 35.1 Å². The zero-order valence-corrected chi connectivity index (χ0v) is 15.7. The Morgan fingerprint density at radius 1 is 1.11 bits per heavy atom. The number of hydrogen-bond donors (Lipinski definition) is 2. The number of aromatic nitrogens is 4. The molecule has 2 N–H and O–H groups in total. The molecule has 1 aromatic carbocycles. The molecule has 10 heteroatoms. The van der Waals surface area contributed by atoms with Gasteiger partial charge in [0, 0.05) is 28.5 Å². The predicted molar refractivity (Wildman–Crippen MR) is 102 cm³/mol. The monoisotopic (exact) mass is 407 g/mol. The van der Waals surface area contributed by atoms with Crippen LogP contribution in [-0.2, 0) is 4.79 Å². The van der Waals surface area contributed by atoms with Gasteiger partial charge in [0.05, 0.1) is 5.25 Å². The Balaban J connectivity index is 1.57. The van der Waals surface area contributed by atoms with Gasteiger partial charge in [-0.25, -0.2) is 4.98 Å². The average molecular weight is 407 g/mol. The van der Waals surface area contributed by atoms with Gasteiger partial charge in [-0.15, -0.1) is 5.10 Å². The van der Waals surface area contributed by atoms with E-state index in [1.807, 2.05) is 0 Å². The van der Waals surface area contributed by atoms with Crippen molar-refractivity contribution in [3.8, 4) is 11.4 Å². The minimum atomic E-state index is -2.47. The lowest BCUT2D eigenvalue weighted by Crippen LogP contribution is -2.22. The Morgan fingerprint density at radius 3 is 2.48 bits per heavy atom. The Kier molecular flexibility index (Phi) is 6.40. The van der Waals surface area contributed by atoms with E-state index in [0.717, 1.165) is 5.56 Å². The molecule has 2 heterocycles. The smallest absolute Gasteiger partial charge is 0.288 e. The highest BCUT2D eigenvalue weighted by Gasteiger charge is 2.18. The molecule has 0 aliphatic carbocycles. The topological polar surface area (TPSA) is 83.6 Å². The van der Waals surface area contributed by atoms with Crippen molar-refractivity contribution in [1.29, 1.82) is 0 Å². The van der Waals surface area contributed by atoms with Crippen LogP contribution < -0.4 is 5.32 Å². The Labute approximate surface area is 162 Å². The van der Waals surface area contributed by atoms with Crippen molar-refractivity contribution in [3.63, 3.8) is 0 Å². The molecule has 0 saturated carbocycles. The third-order valence-corrected chi connectivity index (χ3v) is 5.10. The van der Waals surface area contributed by atoms with Gasteiger partial charge in [0.25, 0.3) is 5.76 Å². The molecule has 0 aliphatic rings. The van der Waals surface area contributed by atoms with Crippen molar-refractivity contribution in [1.82, 2.24) is 20.2 Å². The molecular weight excluding hydrogens is 392 g/mol. The quantitative estimate of drug-likeness (QED) is 0.568. The van der Waals surface area contributed by atoms with E-state index in [2.05, 4.69) is 25.5 Å². The van der Waals surface area contributed by atoms with Crippen LogP contribution in [0.2, 0.25) is 0 Å². The zero-order valence-electron chi connectivity index (χ0n) is 14.1. The third kappa shape index (κ3) is 5.51. The number of rotatable bonds is 7. The summed E-state index contributed by atoms with van der Waals surface area (Å²) in [5.41, 5.74) is 1.39. The number of benzene rings is 1. The molecule has 0 bridgehead atoms. The molecule has 3 aromatic rings. The Bertz CT molecular complexity index is 890. The number of amides is 1. The van der Waals surface area contributed by atoms with Crippen molar-refractivity contribution in [3.05, 3.63) is 48.8 Å². The molecule has 6 nitrogen and oxygen atoms in total. The maximum Gasteiger partial charge on any atom is 0.288 e. The number of pyridine rings is 1. The normalized spacial score (nSPS) is 12.1. The number of carbonyl (C=O) groups is 1. The number of carbonyl (C=O) groups excluding carboxylic acids is 1. The maximum atomic E-state index is 12.3. The number of H-pyrrole nitrogens is 1. The first kappa shape index (κ1) is 19.3. The summed E-state index contributed by atoms with van der Waals surface area (Å²) in [7, 11) is 0. The number of hydrogen-bond acceptors (Lipinski definition) is 6. The fourth-order valence-corrected chi connectivity index (χ4v) is 3.34. The molecular formula is C17H15F2N5OS2. The predicted octanol–water partition coefficient (Wildman–Crippen LogP) is 4.30. The largest absolute Gasteiger partial charge is 0.325 e. The van der Waals surface area contributed by atoms with Crippen molar-refractivity contribution in [2.45, 2.75) is 28.0 Å². The zero-order chi connectivity index (χ0) is 19.2. The van der Waals surface area contributed by atoms with E-state index < -0.39 is 11.0 Å².